The van der Waals surface area contributed by atoms with E-state index in [1.54, 1.807) is 0 Å². The van der Waals surface area contributed by atoms with Crippen molar-refractivity contribution in [2.45, 2.75) is 38.3 Å². The standard InChI is InChI=1S/C18H22N2/c1-2-7-13-8-3-6-11-17(13)20-18-12-16(19)14-9-4-5-10-15(14)18/h3-6,8-11,16,18,20H,2,7,12,19H2,1H3. The molecule has 0 aromatic heterocycles. The third-order valence-corrected chi connectivity index (χ3v) is 4.13. The second-order valence-electron chi connectivity index (χ2n) is 5.58. The number of nitrogens with one attached hydrogen (secondary N) is 1. The van der Waals surface area contributed by atoms with Crippen molar-refractivity contribution in [3.63, 3.8) is 0 Å². The first kappa shape index (κ1) is 13.2. The van der Waals surface area contributed by atoms with Crippen LogP contribution in [0.5, 0.6) is 0 Å². The maximum Gasteiger partial charge on any atom is 0.0535 e. The van der Waals surface area contributed by atoms with Gasteiger partial charge in [0.2, 0.25) is 0 Å². The molecule has 2 aromatic carbocycles. The molecule has 2 aromatic rings. The van der Waals surface area contributed by atoms with Crippen LogP contribution in [0.2, 0.25) is 0 Å². The predicted octanol–water partition coefficient (Wildman–Crippen LogP) is 4.20. The topological polar surface area (TPSA) is 38.0 Å². The van der Waals surface area contributed by atoms with Gasteiger partial charge >= 0.3 is 0 Å². The van der Waals surface area contributed by atoms with Crippen LogP contribution in [0.3, 0.4) is 0 Å². The minimum atomic E-state index is 0.155. The molecule has 0 amide bonds. The first-order valence-corrected chi connectivity index (χ1v) is 7.48. The van der Waals surface area contributed by atoms with Gasteiger partial charge in [-0.05, 0) is 35.6 Å². The number of para-hydroxylation sites is 1. The van der Waals surface area contributed by atoms with Gasteiger partial charge in [-0.25, -0.2) is 0 Å². The molecule has 0 saturated carbocycles. The molecule has 1 aliphatic rings. The third-order valence-electron chi connectivity index (χ3n) is 4.13. The fourth-order valence-electron chi connectivity index (χ4n) is 3.15. The van der Waals surface area contributed by atoms with Crippen molar-refractivity contribution < 1.29 is 0 Å². The summed E-state index contributed by atoms with van der Waals surface area (Å²) in [6.45, 7) is 2.22. The van der Waals surface area contributed by atoms with Gasteiger partial charge in [-0.2, -0.15) is 0 Å². The zero-order valence-electron chi connectivity index (χ0n) is 12.0. The van der Waals surface area contributed by atoms with E-state index < -0.39 is 0 Å². The molecular weight excluding hydrogens is 244 g/mol. The molecule has 0 aliphatic heterocycles. The SMILES string of the molecule is CCCc1ccccc1NC1CC(N)c2ccccc21. The van der Waals surface area contributed by atoms with E-state index in [-0.39, 0.29) is 6.04 Å². The number of benzene rings is 2. The van der Waals surface area contributed by atoms with Crippen molar-refractivity contribution in [2.24, 2.45) is 5.73 Å². The molecule has 20 heavy (non-hydrogen) atoms. The minimum Gasteiger partial charge on any atom is -0.378 e. The Hall–Kier alpha value is -1.80. The van der Waals surface area contributed by atoms with Gasteiger partial charge in [0.25, 0.3) is 0 Å². The molecule has 3 rings (SSSR count). The van der Waals surface area contributed by atoms with E-state index in [0.717, 1.165) is 12.8 Å². The van der Waals surface area contributed by atoms with Gasteiger partial charge in [-0.1, -0.05) is 55.8 Å². The van der Waals surface area contributed by atoms with Crippen molar-refractivity contribution >= 4 is 5.69 Å². The van der Waals surface area contributed by atoms with Crippen LogP contribution in [-0.4, -0.2) is 0 Å². The van der Waals surface area contributed by atoms with Crippen LogP contribution in [-0.2, 0) is 6.42 Å². The lowest BCUT2D eigenvalue weighted by Gasteiger charge is -2.18. The summed E-state index contributed by atoms with van der Waals surface area (Å²) in [5.74, 6) is 0. The zero-order valence-corrected chi connectivity index (χ0v) is 12.0. The molecule has 3 N–H and O–H groups in total. The van der Waals surface area contributed by atoms with Crippen LogP contribution in [0, 0.1) is 0 Å². The molecule has 0 heterocycles. The van der Waals surface area contributed by atoms with Gasteiger partial charge in [0.15, 0.2) is 0 Å². The maximum absolute atomic E-state index is 6.25. The highest BCUT2D eigenvalue weighted by molar-refractivity contribution is 5.54. The Kier molecular flexibility index (Phi) is 3.75. The lowest BCUT2D eigenvalue weighted by atomic mass is 10.0. The maximum atomic E-state index is 6.25. The molecule has 0 saturated heterocycles. The summed E-state index contributed by atoms with van der Waals surface area (Å²) < 4.78 is 0. The molecular formula is C18H22N2. The highest BCUT2D eigenvalue weighted by atomic mass is 14.9. The van der Waals surface area contributed by atoms with E-state index in [1.807, 2.05) is 0 Å². The molecule has 2 nitrogen and oxygen atoms in total. The summed E-state index contributed by atoms with van der Waals surface area (Å²) >= 11 is 0. The number of nitrogens with two attached hydrogens (primary N) is 1. The second kappa shape index (κ2) is 5.68. The summed E-state index contributed by atoms with van der Waals surface area (Å²) in [6, 6.07) is 17.6. The molecule has 0 radical (unpaired) electrons. The largest absolute Gasteiger partial charge is 0.378 e. The monoisotopic (exact) mass is 266 g/mol. The fourth-order valence-corrected chi connectivity index (χ4v) is 3.15. The molecule has 0 bridgehead atoms. The average molecular weight is 266 g/mol. The quantitative estimate of drug-likeness (QED) is 0.870. The van der Waals surface area contributed by atoms with Crippen LogP contribution in [0.4, 0.5) is 5.69 Å². The van der Waals surface area contributed by atoms with Crippen molar-refractivity contribution in [2.75, 3.05) is 5.32 Å². The molecule has 2 atom stereocenters. The summed E-state index contributed by atoms with van der Waals surface area (Å²) in [5, 5.41) is 3.70. The minimum absolute atomic E-state index is 0.155. The number of hydrogen-bond donors (Lipinski definition) is 2. The van der Waals surface area contributed by atoms with Crippen LogP contribution in [0.15, 0.2) is 48.5 Å². The van der Waals surface area contributed by atoms with Crippen LogP contribution < -0.4 is 11.1 Å². The number of rotatable bonds is 4. The van der Waals surface area contributed by atoms with E-state index in [9.17, 15) is 0 Å². The van der Waals surface area contributed by atoms with E-state index in [4.69, 9.17) is 5.73 Å². The Morgan fingerprint density at radius 1 is 1.05 bits per heavy atom. The van der Waals surface area contributed by atoms with Gasteiger partial charge in [-0.3, -0.25) is 0 Å². The molecule has 1 aliphatic carbocycles. The lowest BCUT2D eigenvalue weighted by molar-refractivity contribution is 0.648. The second-order valence-corrected chi connectivity index (χ2v) is 5.58. The Labute approximate surface area is 121 Å². The summed E-state index contributed by atoms with van der Waals surface area (Å²) in [4.78, 5) is 0. The van der Waals surface area contributed by atoms with Gasteiger partial charge in [0, 0.05) is 11.7 Å². The van der Waals surface area contributed by atoms with Crippen molar-refractivity contribution in [1.29, 1.82) is 0 Å². The van der Waals surface area contributed by atoms with E-state index in [1.165, 1.54) is 28.8 Å². The summed E-state index contributed by atoms with van der Waals surface area (Å²) in [5.41, 5.74) is 11.5. The average Bonchev–Trinajstić information content (AvgIpc) is 2.79. The lowest BCUT2D eigenvalue weighted by Crippen LogP contribution is -2.11. The number of aryl methyl sites for hydroxylation is 1. The molecule has 2 unspecified atom stereocenters. The number of anilines is 1. The van der Waals surface area contributed by atoms with E-state index >= 15 is 0 Å². The smallest absolute Gasteiger partial charge is 0.0535 e. The van der Waals surface area contributed by atoms with E-state index in [2.05, 4.69) is 60.8 Å². The van der Waals surface area contributed by atoms with E-state index in [0.29, 0.717) is 6.04 Å². The highest BCUT2D eigenvalue weighted by Gasteiger charge is 2.28. The van der Waals surface area contributed by atoms with Crippen LogP contribution in [0.25, 0.3) is 0 Å². The molecule has 0 spiro atoms. The molecule has 104 valence electrons. The summed E-state index contributed by atoms with van der Waals surface area (Å²) in [7, 11) is 0. The first-order valence-electron chi connectivity index (χ1n) is 7.48. The van der Waals surface area contributed by atoms with Gasteiger partial charge in [0.1, 0.15) is 0 Å². The van der Waals surface area contributed by atoms with Crippen molar-refractivity contribution in [3.05, 3.63) is 65.2 Å². The fraction of sp³-hybridized carbons (Fsp3) is 0.333. The molecule has 0 fully saturated rings. The Morgan fingerprint density at radius 2 is 1.75 bits per heavy atom. The normalized spacial score (nSPS) is 20.7. The Bertz CT molecular complexity index is 591. The van der Waals surface area contributed by atoms with Gasteiger partial charge in [0.05, 0.1) is 6.04 Å². The first-order chi connectivity index (χ1) is 9.79. The zero-order chi connectivity index (χ0) is 13.9. The third kappa shape index (κ3) is 2.44. The predicted molar refractivity (Wildman–Crippen MR) is 84.8 cm³/mol. The molecule has 2 heteroatoms. The summed E-state index contributed by atoms with van der Waals surface area (Å²) in [6.07, 6.45) is 3.25. The number of fused-ring (bicyclic) bond motifs is 1. The van der Waals surface area contributed by atoms with Gasteiger partial charge in [-0.15, -0.1) is 0 Å². The Morgan fingerprint density at radius 3 is 2.55 bits per heavy atom. The highest BCUT2D eigenvalue weighted by Crippen LogP contribution is 2.39. The van der Waals surface area contributed by atoms with Gasteiger partial charge < -0.3 is 11.1 Å². The number of hydrogen-bond acceptors (Lipinski definition) is 2. The Balaban J connectivity index is 1.86. The van der Waals surface area contributed by atoms with Crippen LogP contribution >= 0.6 is 0 Å². The van der Waals surface area contributed by atoms with Crippen LogP contribution in [0.1, 0.15) is 48.5 Å². The van der Waals surface area contributed by atoms with Crippen molar-refractivity contribution in [3.8, 4) is 0 Å². The van der Waals surface area contributed by atoms with Crippen molar-refractivity contribution in [1.82, 2.24) is 0 Å².